The quantitative estimate of drug-likeness (QED) is 0.806. The van der Waals surface area contributed by atoms with Crippen molar-refractivity contribution in [1.82, 2.24) is 14.9 Å². The number of benzene rings is 1. The SMILES string of the molecule is CN1CCOC2(CCN(c3nc(C#N)cc(Oc4cccc(F)c4)n3)CC2)C1. The molecule has 146 valence electrons. The Bertz CT molecular complexity index is 892. The van der Waals surface area contributed by atoms with E-state index in [-0.39, 0.29) is 17.2 Å². The molecule has 1 aromatic carbocycles. The van der Waals surface area contributed by atoms with Crippen LogP contribution in [0.2, 0.25) is 0 Å². The molecule has 0 atom stereocenters. The fraction of sp³-hybridized carbons (Fsp3) is 0.450. The van der Waals surface area contributed by atoms with Crippen molar-refractivity contribution in [3.63, 3.8) is 0 Å². The van der Waals surface area contributed by atoms with E-state index in [2.05, 4.69) is 21.9 Å². The topological polar surface area (TPSA) is 74.5 Å². The number of piperidine rings is 1. The highest BCUT2D eigenvalue weighted by Gasteiger charge is 2.39. The fourth-order valence-electron chi connectivity index (χ4n) is 3.77. The number of likely N-dealkylation sites (N-methyl/N-ethyl adjacent to an activating group) is 1. The first-order valence-electron chi connectivity index (χ1n) is 9.35. The number of aromatic nitrogens is 2. The minimum atomic E-state index is -0.397. The Morgan fingerprint density at radius 1 is 1.21 bits per heavy atom. The smallest absolute Gasteiger partial charge is 0.229 e. The van der Waals surface area contributed by atoms with Gasteiger partial charge in [0.2, 0.25) is 11.8 Å². The van der Waals surface area contributed by atoms with Gasteiger partial charge in [-0.1, -0.05) is 6.07 Å². The van der Waals surface area contributed by atoms with Crippen molar-refractivity contribution in [2.45, 2.75) is 18.4 Å². The summed E-state index contributed by atoms with van der Waals surface area (Å²) in [5.74, 6) is 0.599. The number of morpholine rings is 1. The van der Waals surface area contributed by atoms with Crippen molar-refractivity contribution < 1.29 is 13.9 Å². The molecule has 0 N–H and O–H groups in total. The molecule has 1 spiro atoms. The summed E-state index contributed by atoms with van der Waals surface area (Å²) >= 11 is 0. The molecule has 2 saturated heterocycles. The number of ether oxygens (including phenoxy) is 2. The first-order valence-corrected chi connectivity index (χ1v) is 9.35. The van der Waals surface area contributed by atoms with E-state index < -0.39 is 5.82 Å². The summed E-state index contributed by atoms with van der Waals surface area (Å²) in [5, 5.41) is 9.32. The number of hydrogen-bond donors (Lipinski definition) is 0. The van der Waals surface area contributed by atoms with Gasteiger partial charge in [-0.3, -0.25) is 0 Å². The van der Waals surface area contributed by atoms with Crippen LogP contribution in [0.4, 0.5) is 10.3 Å². The van der Waals surface area contributed by atoms with Gasteiger partial charge in [0.05, 0.1) is 12.2 Å². The largest absolute Gasteiger partial charge is 0.439 e. The Morgan fingerprint density at radius 3 is 2.75 bits per heavy atom. The zero-order valence-corrected chi connectivity index (χ0v) is 15.8. The van der Waals surface area contributed by atoms with Crippen LogP contribution in [0.15, 0.2) is 30.3 Å². The number of nitrogens with zero attached hydrogens (tertiary/aromatic N) is 5. The maximum Gasteiger partial charge on any atom is 0.229 e. The van der Waals surface area contributed by atoms with Crippen molar-refractivity contribution in [3.8, 4) is 17.7 Å². The molecule has 0 radical (unpaired) electrons. The Hall–Kier alpha value is -2.76. The second-order valence-electron chi connectivity index (χ2n) is 7.32. The molecular formula is C20H22FN5O2. The third kappa shape index (κ3) is 4.06. The summed E-state index contributed by atoms with van der Waals surface area (Å²) in [4.78, 5) is 13.1. The lowest BCUT2D eigenvalue weighted by molar-refractivity contribution is -0.115. The first-order chi connectivity index (χ1) is 13.5. The molecule has 28 heavy (non-hydrogen) atoms. The highest BCUT2D eigenvalue weighted by atomic mass is 19.1. The van der Waals surface area contributed by atoms with Gasteiger partial charge < -0.3 is 19.3 Å². The number of rotatable bonds is 3. The monoisotopic (exact) mass is 383 g/mol. The number of halogens is 1. The molecule has 4 rings (SSSR count). The lowest BCUT2D eigenvalue weighted by Gasteiger charge is -2.46. The van der Waals surface area contributed by atoms with Crippen molar-refractivity contribution >= 4 is 5.95 Å². The van der Waals surface area contributed by atoms with E-state index in [0.29, 0.717) is 11.7 Å². The second-order valence-corrected chi connectivity index (χ2v) is 7.32. The second kappa shape index (κ2) is 7.70. The average molecular weight is 383 g/mol. The van der Waals surface area contributed by atoms with Crippen molar-refractivity contribution in [2.75, 3.05) is 44.7 Å². The predicted molar refractivity (Wildman–Crippen MR) is 101 cm³/mol. The van der Waals surface area contributed by atoms with E-state index in [1.165, 1.54) is 18.2 Å². The summed E-state index contributed by atoms with van der Waals surface area (Å²) in [5.41, 5.74) is 0.0994. The highest BCUT2D eigenvalue weighted by molar-refractivity contribution is 5.40. The maximum absolute atomic E-state index is 13.4. The molecule has 0 unspecified atom stereocenters. The zero-order chi connectivity index (χ0) is 19.6. The van der Waals surface area contributed by atoms with Gasteiger partial charge in [0.15, 0.2) is 0 Å². The zero-order valence-electron chi connectivity index (χ0n) is 15.8. The van der Waals surface area contributed by atoms with Crippen molar-refractivity contribution in [2.24, 2.45) is 0 Å². The Morgan fingerprint density at radius 2 is 2.04 bits per heavy atom. The molecule has 0 aliphatic carbocycles. The van der Waals surface area contributed by atoms with Gasteiger partial charge in [0, 0.05) is 38.3 Å². The lowest BCUT2D eigenvalue weighted by Crippen LogP contribution is -2.56. The van der Waals surface area contributed by atoms with Gasteiger partial charge in [0.25, 0.3) is 0 Å². The van der Waals surface area contributed by atoms with Crippen LogP contribution >= 0.6 is 0 Å². The molecule has 2 aromatic rings. The summed E-state index contributed by atoms with van der Waals surface area (Å²) in [6, 6.07) is 9.31. The molecule has 0 bridgehead atoms. The number of nitriles is 1. The van der Waals surface area contributed by atoms with Gasteiger partial charge in [-0.25, -0.2) is 9.37 Å². The number of anilines is 1. The van der Waals surface area contributed by atoms with Crippen LogP contribution in [0, 0.1) is 17.1 Å². The van der Waals surface area contributed by atoms with Crippen LogP contribution in [0.25, 0.3) is 0 Å². The maximum atomic E-state index is 13.4. The molecule has 1 aromatic heterocycles. The summed E-state index contributed by atoms with van der Waals surface area (Å²) < 4.78 is 25.2. The molecule has 2 aliphatic heterocycles. The molecule has 7 nitrogen and oxygen atoms in total. The molecule has 8 heteroatoms. The summed E-state index contributed by atoms with van der Waals surface area (Å²) in [7, 11) is 2.12. The summed E-state index contributed by atoms with van der Waals surface area (Å²) in [6.45, 7) is 4.11. The third-order valence-electron chi connectivity index (χ3n) is 5.22. The average Bonchev–Trinajstić information content (AvgIpc) is 2.68. The Kier molecular flexibility index (Phi) is 5.11. The molecule has 2 aliphatic rings. The summed E-state index contributed by atoms with van der Waals surface area (Å²) in [6.07, 6.45) is 1.75. The Balaban J connectivity index is 1.51. The van der Waals surface area contributed by atoms with Gasteiger partial charge in [-0.05, 0) is 32.0 Å². The van der Waals surface area contributed by atoms with Gasteiger partial charge in [-0.15, -0.1) is 0 Å². The van der Waals surface area contributed by atoms with Crippen molar-refractivity contribution in [3.05, 3.63) is 41.8 Å². The van der Waals surface area contributed by atoms with E-state index in [0.717, 1.165) is 45.6 Å². The minimum absolute atomic E-state index is 0.114. The molecule has 2 fully saturated rings. The van der Waals surface area contributed by atoms with Crippen LogP contribution in [0.1, 0.15) is 18.5 Å². The van der Waals surface area contributed by atoms with E-state index in [1.807, 2.05) is 11.0 Å². The van der Waals surface area contributed by atoms with Crippen LogP contribution in [-0.2, 0) is 4.74 Å². The first kappa shape index (κ1) is 18.6. The van der Waals surface area contributed by atoms with Gasteiger partial charge in [-0.2, -0.15) is 10.2 Å². The predicted octanol–water partition coefficient (Wildman–Crippen LogP) is 2.58. The minimum Gasteiger partial charge on any atom is -0.439 e. The third-order valence-corrected chi connectivity index (χ3v) is 5.22. The lowest BCUT2D eigenvalue weighted by atomic mass is 9.89. The van der Waals surface area contributed by atoms with Gasteiger partial charge in [0.1, 0.15) is 23.3 Å². The van der Waals surface area contributed by atoms with Crippen LogP contribution < -0.4 is 9.64 Å². The van der Waals surface area contributed by atoms with Crippen LogP contribution in [0.3, 0.4) is 0 Å². The molecule has 0 amide bonds. The fourth-order valence-corrected chi connectivity index (χ4v) is 3.77. The molecular weight excluding hydrogens is 361 g/mol. The normalized spacial score (nSPS) is 19.4. The van der Waals surface area contributed by atoms with E-state index in [9.17, 15) is 9.65 Å². The molecule has 0 saturated carbocycles. The van der Waals surface area contributed by atoms with E-state index in [1.54, 1.807) is 12.1 Å². The van der Waals surface area contributed by atoms with Crippen LogP contribution in [0.5, 0.6) is 11.6 Å². The molecule has 3 heterocycles. The highest BCUT2D eigenvalue weighted by Crippen LogP contribution is 2.32. The number of hydrogen-bond acceptors (Lipinski definition) is 7. The van der Waals surface area contributed by atoms with E-state index in [4.69, 9.17) is 9.47 Å². The van der Waals surface area contributed by atoms with Crippen molar-refractivity contribution in [1.29, 1.82) is 5.26 Å². The van der Waals surface area contributed by atoms with E-state index >= 15 is 0 Å². The standard InChI is InChI=1S/C20H22FN5O2/c1-25-9-10-27-20(14-25)5-7-26(8-6-20)19-23-16(13-22)12-18(24-19)28-17-4-2-3-15(21)11-17/h2-4,11-12H,5-10,14H2,1H3. The van der Waals surface area contributed by atoms with Gasteiger partial charge >= 0.3 is 0 Å². The Labute approximate surface area is 163 Å². The van der Waals surface area contributed by atoms with Crippen LogP contribution in [-0.4, -0.2) is 60.3 Å².